The Morgan fingerprint density at radius 3 is 1.20 bits per heavy atom. The molecule has 0 unspecified atom stereocenters. The minimum atomic E-state index is -0.738. The maximum Gasteiger partial charge on any atom is 0.252 e. The van der Waals surface area contributed by atoms with Crippen molar-refractivity contribution in [2.75, 3.05) is 9.80 Å². The van der Waals surface area contributed by atoms with Gasteiger partial charge in [0, 0.05) is 62.6 Å². The molecule has 2 aliphatic rings. The fourth-order valence-corrected chi connectivity index (χ4v) is 12.8. The molecule has 84 heavy (non-hydrogen) atoms. The molecule has 1 aromatic heterocycles. The van der Waals surface area contributed by atoms with Crippen molar-refractivity contribution in [2.45, 2.75) is 105 Å². The second-order valence-corrected chi connectivity index (χ2v) is 27.3. The summed E-state index contributed by atoms with van der Waals surface area (Å²) >= 11 is 0. The van der Waals surface area contributed by atoms with Crippen molar-refractivity contribution in [2.24, 2.45) is 0 Å². The van der Waals surface area contributed by atoms with E-state index in [0.29, 0.717) is 22.4 Å². The molecule has 0 amide bonds. The molecule has 10 aromatic carbocycles. The van der Waals surface area contributed by atoms with Gasteiger partial charge >= 0.3 is 0 Å². The minimum absolute atomic E-state index is 0.0859. The number of halogens is 4. The maximum atomic E-state index is 15.3. The van der Waals surface area contributed by atoms with Crippen LogP contribution in [0, 0.1) is 23.3 Å². The molecule has 0 N–H and O–H groups in total. The van der Waals surface area contributed by atoms with E-state index in [9.17, 15) is 8.78 Å². The smallest absolute Gasteiger partial charge is 0.252 e. The van der Waals surface area contributed by atoms with Crippen LogP contribution in [-0.2, 0) is 21.7 Å². The Labute approximate surface area is 492 Å². The number of hydrogen-bond donors (Lipinski definition) is 0. The van der Waals surface area contributed by atoms with Crippen LogP contribution in [0.4, 0.5) is 51.7 Å². The number of anilines is 6. The number of nitrogens with zero attached hydrogens (tertiary/aromatic N) is 3. The Bertz CT molecular complexity index is 4250. The molecule has 0 aliphatic carbocycles. The van der Waals surface area contributed by atoms with E-state index in [1.54, 1.807) is 12.1 Å². The highest BCUT2D eigenvalue weighted by Crippen LogP contribution is 2.50. The highest BCUT2D eigenvalue weighted by molar-refractivity contribution is 7.00. The van der Waals surface area contributed by atoms with Crippen molar-refractivity contribution in [1.29, 1.82) is 0 Å². The molecule has 13 rings (SSSR count). The van der Waals surface area contributed by atoms with E-state index in [2.05, 4.69) is 225 Å². The van der Waals surface area contributed by atoms with Crippen LogP contribution in [0.5, 0.6) is 0 Å². The lowest BCUT2D eigenvalue weighted by Crippen LogP contribution is -2.61. The molecule has 418 valence electrons. The SMILES string of the molecule is CC(C)(C)c1cc(N2c3ccccc3B3c4ccccc4N(c4cc(C(C)(C)C)cc(C(C)(C)C)c4)c4cc(-c5ccc6c(c5)c5ccccc5n6-c5ccc(-c6cc(F)cc(F)c6)cc5-c5cc(F)cc(F)c5)cc2c43)cc(C(C)(C)C)c1. The molecule has 0 saturated carbocycles. The molecule has 8 heteroatoms. The first kappa shape index (κ1) is 54.6. The molecular formula is C76H68BF4N3. The van der Waals surface area contributed by atoms with E-state index in [-0.39, 0.29) is 33.9 Å². The second kappa shape index (κ2) is 19.5. The van der Waals surface area contributed by atoms with Crippen LogP contribution in [0.15, 0.2) is 194 Å². The summed E-state index contributed by atoms with van der Waals surface area (Å²) in [5.41, 5.74) is 20.9. The number of benzene rings is 10. The first-order valence-electron chi connectivity index (χ1n) is 29.2. The molecule has 11 aromatic rings. The van der Waals surface area contributed by atoms with Gasteiger partial charge in [-0.25, -0.2) is 17.6 Å². The van der Waals surface area contributed by atoms with E-state index in [1.165, 1.54) is 62.9 Å². The van der Waals surface area contributed by atoms with Gasteiger partial charge in [-0.2, -0.15) is 0 Å². The Hall–Kier alpha value is -8.62. The lowest BCUT2D eigenvalue weighted by Gasteiger charge is -2.45. The third-order valence-electron chi connectivity index (χ3n) is 17.3. The molecule has 0 bridgehead atoms. The fourth-order valence-electron chi connectivity index (χ4n) is 12.8. The van der Waals surface area contributed by atoms with Crippen LogP contribution in [0.2, 0.25) is 0 Å². The molecule has 3 nitrogen and oxygen atoms in total. The lowest BCUT2D eigenvalue weighted by atomic mass is 9.33. The summed E-state index contributed by atoms with van der Waals surface area (Å²) in [6.45, 7) is 27.5. The molecule has 2 aliphatic heterocycles. The summed E-state index contributed by atoms with van der Waals surface area (Å²) in [5, 5.41) is 1.96. The summed E-state index contributed by atoms with van der Waals surface area (Å²) in [4.78, 5) is 5.06. The van der Waals surface area contributed by atoms with Crippen molar-refractivity contribution in [3.63, 3.8) is 0 Å². The average molecular weight is 1110 g/mol. The van der Waals surface area contributed by atoms with Crippen LogP contribution in [0.3, 0.4) is 0 Å². The zero-order valence-corrected chi connectivity index (χ0v) is 49.9. The van der Waals surface area contributed by atoms with Gasteiger partial charge in [0.25, 0.3) is 6.71 Å². The predicted molar refractivity (Wildman–Crippen MR) is 346 cm³/mol. The summed E-state index contributed by atoms with van der Waals surface area (Å²) in [7, 11) is 0. The molecule has 0 radical (unpaired) electrons. The van der Waals surface area contributed by atoms with Crippen molar-refractivity contribution >= 4 is 79.0 Å². The summed E-state index contributed by atoms with van der Waals surface area (Å²) in [6.07, 6.45) is 0. The monoisotopic (exact) mass is 1110 g/mol. The Kier molecular flexibility index (Phi) is 12.7. The molecule has 0 saturated heterocycles. The normalized spacial score (nSPS) is 13.4. The minimum Gasteiger partial charge on any atom is -0.311 e. The molecule has 3 heterocycles. The third-order valence-corrected chi connectivity index (χ3v) is 17.3. The van der Waals surface area contributed by atoms with Gasteiger partial charge in [0.1, 0.15) is 23.3 Å². The van der Waals surface area contributed by atoms with Crippen LogP contribution in [0.1, 0.15) is 105 Å². The first-order chi connectivity index (χ1) is 39.8. The van der Waals surface area contributed by atoms with E-state index in [4.69, 9.17) is 0 Å². The van der Waals surface area contributed by atoms with Crippen LogP contribution >= 0.6 is 0 Å². The molecule has 0 fully saturated rings. The Morgan fingerprint density at radius 1 is 0.310 bits per heavy atom. The third kappa shape index (κ3) is 9.39. The zero-order valence-electron chi connectivity index (χ0n) is 49.9. The van der Waals surface area contributed by atoms with Gasteiger partial charge in [0.15, 0.2) is 0 Å². The number of para-hydroxylation sites is 3. The van der Waals surface area contributed by atoms with Crippen LogP contribution in [-0.4, -0.2) is 11.3 Å². The largest absolute Gasteiger partial charge is 0.311 e. The van der Waals surface area contributed by atoms with Gasteiger partial charge in [0.05, 0.1) is 16.7 Å². The van der Waals surface area contributed by atoms with E-state index >= 15 is 8.78 Å². The maximum absolute atomic E-state index is 15.3. The summed E-state index contributed by atoms with van der Waals surface area (Å²) in [6, 6.07) is 64.2. The quantitative estimate of drug-likeness (QED) is 0.121. The highest BCUT2D eigenvalue weighted by atomic mass is 19.1. The highest BCUT2D eigenvalue weighted by Gasteiger charge is 2.44. The van der Waals surface area contributed by atoms with E-state index in [0.717, 1.165) is 79.2 Å². The number of fused-ring (bicyclic) bond motifs is 7. The summed E-state index contributed by atoms with van der Waals surface area (Å²) < 4.78 is 62.3. The average Bonchev–Trinajstić information content (AvgIpc) is 0.833. The molecule has 0 atom stereocenters. The summed E-state index contributed by atoms with van der Waals surface area (Å²) in [5.74, 6) is -2.93. The number of rotatable bonds is 6. The van der Waals surface area contributed by atoms with Crippen LogP contribution < -0.4 is 26.2 Å². The van der Waals surface area contributed by atoms with Crippen molar-refractivity contribution in [3.8, 4) is 39.1 Å². The van der Waals surface area contributed by atoms with E-state index < -0.39 is 23.3 Å². The Balaban J connectivity index is 1.11. The lowest BCUT2D eigenvalue weighted by molar-refractivity contribution is 0.568. The predicted octanol–water partition coefficient (Wildman–Crippen LogP) is 19.6. The first-order valence-corrected chi connectivity index (χ1v) is 29.2. The van der Waals surface area contributed by atoms with Crippen molar-refractivity contribution in [1.82, 2.24) is 4.57 Å². The second-order valence-electron chi connectivity index (χ2n) is 27.3. The topological polar surface area (TPSA) is 11.4 Å². The van der Waals surface area contributed by atoms with Crippen molar-refractivity contribution < 1.29 is 17.6 Å². The molecule has 0 spiro atoms. The van der Waals surface area contributed by atoms with Gasteiger partial charge < -0.3 is 14.4 Å². The fraction of sp³-hybridized carbons (Fsp3) is 0.211. The van der Waals surface area contributed by atoms with Crippen LogP contribution in [0.25, 0.3) is 60.9 Å². The van der Waals surface area contributed by atoms with Gasteiger partial charge in [-0.1, -0.05) is 162 Å². The van der Waals surface area contributed by atoms with Gasteiger partial charge in [-0.15, -0.1) is 0 Å². The number of hydrogen-bond acceptors (Lipinski definition) is 2. The molecular weight excluding hydrogens is 1040 g/mol. The van der Waals surface area contributed by atoms with Crippen molar-refractivity contribution in [3.05, 3.63) is 240 Å². The standard InChI is InChI=1S/C76H68BF4N3/c1-73(2,3)50-37-51(74(4,5)6)40-58(39-50)82-68-23-17-14-20-63(68)77-64-21-15-18-24-69(64)83(59-41-52(75(7,8)9)38-53(42-59)76(10,11)12)71-36-48(35-70(82)72(71)77)46-26-28-67-62(34-46)60-19-13-16-22-65(60)84(67)66-27-25-45(47-29-54(78)43-55(79)30-47)33-61(66)49-31-56(80)44-57(81)32-49/h13-44H,1-12H3. The van der Waals surface area contributed by atoms with Gasteiger partial charge in [-0.05, 0) is 191 Å². The van der Waals surface area contributed by atoms with E-state index in [1.807, 2.05) is 18.2 Å². The number of aromatic nitrogens is 1. The zero-order chi connectivity index (χ0) is 59.1. The Morgan fingerprint density at radius 2 is 0.714 bits per heavy atom. The van der Waals surface area contributed by atoms with Gasteiger partial charge in [-0.3, -0.25) is 0 Å². The van der Waals surface area contributed by atoms with Gasteiger partial charge in [0.2, 0.25) is 0 Å².